The molecule has 0 spiro atoms. The molecule has 24 heavy (non-hydrogen) atoms. The third-order valence-electron chi connectivity index (χ3n) is 2.95. The fraction of sp³-hybridized carbons (Fsp3) is 0.118. The predicted molar refractivity (Wildman–Crippen MR) is 97.0 cm³/mol. The molecule has 0 saturated carbocycles. The Kier molecular flexibility index (Phi) is 5.45. The third kappa shape index (κ3) is 4.81. The molecule has 1 N–H and O–H groups in total. The second-order valence-corrected chi connectivity index (χ2v) is 7.27. The zero-order chi connectivity index (χ0) is 16.8. The van der Waals surface area contributed by atoms with E-state index in [1.165, 1.54) is 23.1 Å². The Labute approximate surface area is 148 Å². The first-order chi connectivity index (χ1) is 11.7. The zero-order valence-electron chi connectivity index (χ0n) is 12.9. The minimum Gasteiger partial charge on any atom is -0.457 e. The van der Waals surface area contributed by atoms with Crippen molar-refractivity contribution in [1.29, 1.82) is 0 Å². The van der Waals surface area contributed by atoms with Crippen LogP contribution in [0.5, 0.6) is 11.5 Å². The van der Waals surface area contributed by atoms with Crippen LogP contribution < -0.4 is 10.1 Å². The maximum atomic E-state index is 12.0. The number of anilines is 1. The molecule has 0 aliphatic carbocycles. The summed E-state index contributed by atoms with van der Waals surface area (Å²) in [5.41, 5.74) is 0.731. The van der Waals surface area contributed by atoms with Crippen molar-refractivity contribution in [3.05, 3.63) is 59.6 Å². The Morgan fingerprint density at radius 2 is 1.79 bits per heavy atom. The molecule has 1 amide bonds. The molecule has 0 fully saturated rings. The molecule has 3 rings (SSSR count). The first-order valence-corrected chi connectivity index (χ1v) is 9.05. The van der Waals surface area contributed by atoms with Gasteiger partial charge in [0.15, 0.2) is 4.34 Å². The lowest BCUT2D eigenvalue weighted by molar-refractivity contribution is -0.113. The van der Waals surface area contributed by atoms with Gasteiger partial charge in [-0.1, -0.05) is 41.3 Å². The van der Waals surface area contributed by atoms with Gasteiger partial charge in [-0.2, -0.15) is 0 Å². The standard InChI is InChI=1S/C17H15N3O2S2/c1-12-19-20-17(24-12)23-11-16(21)18-13-7-9-15(10-8-13)22-14-5-3-2-4-6-14/h2-10H,11H2,1H3,(H,18,21). The number of ether oxygens (including phenoxy) is 1. The van der Waals surface area contributed by atoms with Gasteiger partial charge in [0.05, 0.1) is 5.75 Å². The lowest BCUT2D eigenvalue weighted by Gasteiger charge is -2.07. The summed E-state index contributed by atoms with van der Waals surface area (Å²) in [6.07, 6.45) is 0. The summed E-state index contributed by atoms with van der Waals surface area (Å²) in [6, 6.07) is 16.8. The largest absolute Gasteiger partial charge is 0.457 e. The minimum atomic E-state index is -0.0791. The topological polar surface area (TPSA) is 64.1 Å². The fourth-order valence-electron chi connectivity index (χ4n) is 1.89. The van der Waals surface area contributed by atoms with E-state index in [2.05, 4.69) is 15.5 Å². The molecule has 5 nitrogen and oxygen atoms in total. The molecule has 7 heteroatoms. The van der Waals surface area contributed by atoms with Gasteiger partial charge in [-0.25, -0.2) is 0 Å². The van der Waals surface area contributed by atoms with Crippen molar-refractivity contribution >= 4 is 34.7 Å². The molecule has 0 unspecified atom stereocenters. The fourth-order valence-corrected chi connectivity index (χ4v) is 3.51. The Balaban J connectivity index is 1.51. The van der Waals surface area contributed by atoms with Crippen LogP contribution in [0.1, 0.15) is 5.01 Å². The molecular formula is C17H15N3O2S2. The van der Waals surface area contributed by atoms with Crippen molar-refractivity contribution in [3.8, 4) is 11.5 Å². The van der Waals surface area contributed by atoms with Gasteiger partial charge in [-0.3, -0.25) is 4.79 Å². The first-order valence-electron chi connectivity index (χ1n) is 7.25. The number of hydrogen-bond acceptors (Lipinski definition) is 6. The SMILES string of the molecule is Cc1nnc(SCC(=O)Nc2ccc(Oc3ccccc3)cc2)s1. The molecule has 2 aromatic carbocycles. The molecule has 0 aliphatic rings. The van der Waals surface area contributed by atoms with Crippen molar-refractivity contribution < 1.29 is 9.53 Å². The Morgan fingerprint density at radius 3 is 2.46 bits per heavy atom. The smallest absolute Gasteiger partial charge is 0.234 e. The third-order valence-corrected chi connectivity index (χ3v) is 4.92. The van der Waals surface area contributed by atoms with Gasteiger partial charge in [-0.05, 0) is 43.3 Å². The van der Waals surface area contributed by atoms with Crippen LogP contribution in [0.25, 0.3) is 0 Å². The van der Waals surface area contributed by atoms with E-state index in [0.717, 1.165) is 26.5 Å². The van der Waals surface area contributed by atoms with Crippen molar-refractivity contribution in [2.45, 2.75) is 11.3 Å². The second kappa shape index (κ2) is 7.94. The van der Waals surface area contributed by atoms with Gasteiger partial charge in [0.25, 0.3) is 0 Å². The Morgan fingerprint density at radius 1 is 1.08 bits per heavy atom. The molecule has 3 aromatic rings. The maximum Gasteiger partial charge on any atom is 0.234 e. The number of hydrogen-bond donors (Lipinski definition) is 1. The molecule has 0 aliphatic heterocycles. The molecule has 1 heterocycles. The monoisotopic (exact) mass is 357 g/mol. The number of aromatic nitrogens is 2. The summed E-state index contributed by atoms with van der Waals surface area (Å²) in [6.45, 7) is 1.89. The summed E-state index contributed by atoms with van der Waals surface area (Å²) in [5, 5.41) is 11.7. The van der Waals surface area contributed by atoms with Crippen LogP contribution in [0.2, 0.25) is 0 Å². The molecule has 0 atom stereocenters. The van der Waals surface area contributed by atoms with E-state index in [0.29, 0.717) is 5.75 Å². The lowest BCUT2D eigenvalue weighted by Crippen LogP contribution is -2.13. The normalized spacial score (nSPS) is 10.4. The number of nitrogens with zero attached hydrogens (tertiary/aromatic N) is 2. The molecule has 1 aromatic heterocycles. The van der Waals surface area contributed by atoms with E-state index < -0.39 is 0 Å². The van der Waals surface area contributed by atoms with Gasteiger partial charge in [0, 0.05) is 5.69 Å². The van der Waals surface area contributed by atoms with Crippen LogP contribution >= 0.6 is 23.1 Å². The van der Waals surface area contributed by atoms with Gasteiger partial charge in [0.1, 0.15) is 16.5 Å². The summed E-state index contributed by atoms with van der Waals surface area (Å²) >= 11 is 2.86. The number of para-hydroxylation sites is 1. The second-order valence-electron chi connectivity index (χ2n) is 4.86. The van der Waals surface area contributed by atoms with Gasteiger partial charge >= 0.3 is 0 Å². The van der Waals surface area contributed by atoms with Gasteiger partial charge < -0.3 is 10.1 Å². The van der Waals surface area contributed by atoms with Crippen molar-refractivity contribution in [3.63, 3.8) is 0 Å². The highest BCUT2D eigenvalue weighted by atomic mass is 32.2. The highest BCUT2D eigenvalue weighted by Gasteiger charge is 2.07. The highest BCUT2D eigenvalue weighted by molar-refractivity contribution is 8.01. The molecule has 0 radical (unpaired) electrons. The van der Waals surface area contributed by atoms with E-state index in [1.54, 1.807) is 0 Å². The van der Waals surface area contributed by atoms with E-state index >= 15 is 0 Å². The van der Waals surface area contributed by atoms with E-state index in [-0.39, 0.29) is 5.91 Å². The summed E-state index contributed by atoms with van der Waals surface area (Å²) < 4.78 is 6.52. The quantitative estimate of drug-likeness (QED) is 0.664. The number of carbonyl (C=O) groups is 1. The van der Waals surface area contributed by atoms with Gasteiger partial charge in [0.2, 0.25) is 5.91 Å². The molecule has 0 bridgehead atoms. The van der Waals surface area contributed by atoms with E-state index in [1.807, 2.05) is 61.5 Å². The van der Waals surface area contributed by atoms with Crippen LogP contribution in [0.3, 0.4) is 0 Å². The molecular weight excluding hydrogens is 342 g/mol. The van der Waals surface area contributed by atoms with E-state index in [4.69, 9.17) is 4.74 Å². The average Bonchev–Trinajstić information content (AvgIpc) is 3.01. The van der Waals surface area contributed by atoms with Crippen LogP contribution in [0.15, 0.2) is 58.9 Å². The number of rotatable bonds is 6. The van der Waals surface area contributed by atoms with Crippen molar-refractivity contribution in [1.82, 2.24) is 10.2 Å². The highest BCUT2D eigenvalue weighted by Crippen LogP contribution is 2.24. The van der Waals surface area contributed by atoms with Gasteiger partial charge in [-0.15, -0.1) is 10.2 Å². The summed E-state index contributed by atoms with van der Waals surface area (Å²) in [4.78, 5) is 12.0. The average molecular weight is 357 g/mol. The predicted octanol–water partition coefficient (Wildman–Crippen LogP) is 4.37. The van der Waals surface area contributed by atoms with Crippen LogP contribution in [0.4, 0.5) is 5.69 Å². The Hall–Kier alpha value is -2.38. The first kappa shape index (κ1) is 16.5. The van der Waals surface area contributed by atoms with Crippen LogP contribution in [0, 0.1) is 6.92 Å². The number of amides is 1. The van der Waals surface area contributed by atoms with Crippen molar-refractivity contribution in [2.75, 3.05) is 11.1 Å². The lowest BCUT2D eigenvalue weighted by atomic mass is 10.3. The number of benzene rings is 2. The van der Waals surface area contributed by atoms with E-state index in [9.17, 15) is 4.79 Å². The van der Waals surface area contributed by atoms with Crippen LogP contribution in [-0.2, 0) is 4.79 Å². The number of nitrogens with one attached hydrogen (secondary N) is 1. The minimum absolute atomic E-state index is 0.0791. The number of carbonyl (C=O) groups excluding carboxylic acids is 1. The summed E-state index contributed by atoms with van der Waals surface area (Å²) in [5.74, 6) is 1.72. The Bertz CT molecular complexity index is 804. The number of aryl methyl sites for hydroxylation is 1. The number of thioether (sulfide) groups is 1. The van der Waals surface area contributed by atoms with Crippen LogP contribution in [-0.4, -0.2) is 21.9 Å². The maximum absolute atomic E-state index is 12.0. The molecule has 0 saturated heterocycles. The van der Waals surface area contributed by atoms with Crippen molar-refractivity contribution in [2.24, 2.45) is 0 Å². The summed E-state index contributed by atoms with van der Waals surface area (Å²) in [7, 11) is 0. The zero-order valence-corrected chi connectivity index (χ0v) is 14.6. The molecule has 122 valence electrons.